The molecule has 3 aromatic carbocycles. The Bertz CT molecular complexity index is 859. The van der Waals surface area contributed by atoms with E-state index in [1.54, 1.807) is 18.2 Å². The highest BCUT2D eigenvalue weighted by Gasteiger charge is 2.18. The number of carboxylic acid groups (broad SMARTS) is 1. The van der Waals surface area contributed by atoms with E-state index < -0.39 is 11.8 Å². The molecule has 0 radical (unpaired) electrons. The summed E-state index contributed by atoms with van der Waals surface area (Å²) >= 11 is 6.16. The molecule has 0 saturated carbocycles. The summed E-state index contributed by atoms with van der Waals surface area (Å²) in [6.45, 7) is 0. The molecule has 0 aromatic heterocycles. The summed E-state index contributed by atoms with van der Waals surface area (Å²) < 4.78 is 13.9. The normalized spacial score (nSPS) is 10.8. The molecule has 1 N–H and O–H groups in total. The van der Waals surface area contributed by atoms with E-state index in [0.29, 0.717) is 16.1 Å². The van der Waals surface area contributed by atoms with Gasteiger partial charge in [-0.2, -0.15) is 0 Å². The van der Waals surface area contributed by atoms with Crippen LogP contribution in [0.5, 0.6) is 0 Å². The summed E-state index contributed by atoms with van der Waals surface area (Å²) in [6.07, 6.45) is 0. The van der Waals surface area contributed by atoms with E-state index in [1.165, 1.54) is 6.07 Å². The second-order valence-corrected chi connectivity index (χ2v) is 5.02. The van der Waals surface area contributed by atoms with Crippen molar-refractivity contribution in [3.8, 4) is 11.1 Å². The molecule has 0 amide bonds. The summed E-state index contributed by atoms with van der Waals surface area (Å²) in [5.41, 5.74) is 0.659. The van der Waals surface area contributed by atoms with Gasteiger partial charge in [-0.3, -0.25) is 0 Å². The fourth-order valence-electron chi connectivity index (χ4n) is 2.46. The molecule has 0 unspecified atom stereocenters. The Hall–Kier alpha value is -2.39. The molecule has 0 spiro atoms. The zero-order valence-electron chi connectivity index (χ0n) is 10.8. The zero-order valence-corrected chi connectivity index (χ0v) is 11.6. The lowest BCUT2D eigenvalue weighted by Gasteiger charge is -2.11. The van der Waals surface area contributed by atoms with Crippen LogP contribution in [0.2, 0.25) is 5.02 Å². The van der Waals surface area contributed by atoms with E-state index in [1.807, 2.05) is 24.3 Å². The first-order chi connectivity index (χ1) is 10.1. The lowest BCUT2D eigenvalue weighted by atomic mass is 9.94. The van der Waals surface area contributed by atoms with Gasteiger partial charge in [0.15, 0.2) is 0 Å². The lowest BCUT2D eigenvalue weighted by Crippen LogP contribution is -2.03. The van der Waals surface area contributed by atoms with Gasteiger partial charge in [-0.05, 0) is 28.6 Å². The third kappa shape index (κ3) is 2.26. The molecule has 3 aromatic rings. The van der Waals surface area contributed by atoms with E-state index in [-0.39, 0.29) is 5.56 Å². The van der Waals surface area contributed by atoms with Crippen LogP contribution in [-0.2, 0) is 0 Å². The number of carbonyl (C=O) groups is 1. The van der Waals surface area contributed by atoms with Gasteiger partial charge in [0, 0.05) is 10.4 Å². The maximum atomic E-state index is 13.9. The second kappa shape index (κ2) is 5.19. The van der Waals surface area contributed by atoms with Crippen LogP contribution in [0, 0.1) is 5.82 Å². The van der Waals surface area contributed by atoms with Crippen LogP contribution >= 0.6 is 11.6 Å². The molecular weight excluding hydrogens is 291 g/mol. The number of aromatic carboxylic acids is 1. The molecule has 0 atom stereocenters. The fraction of sp³-hybridized carbons (Fsp3) is 0. The fourth-order valence-corrected chi connectivity index (χ4v) is 2.69. The highest BCUT2D eigenvalue weighted by molar-refractivity contribution is 6.36. The Balaban J connectivity index is 2.40. The average Bonchev–Trinajstić information content (AvgIpc) is 2.47. The van der Waals surface area contributed by atoms with Crippen molar-refractivity contribution in [1.29, 1.82) is 0 Å². The van der Waals surface area contributed by atoms with Gasteiger partial charge >= 0.3 is 5.97 Å². The summed E-state index contributed by atoms with van der Waals surface area (Å²) in [7, 11) is 0. The third-order valence-electron chi connectivity index (χ3n) is 3.39. The van der Waals surface area contributed by atoms with Crippen molar-refractivity contribution in [1.82, 2.24) is 0 Å². The number of hydrogen-bond donors (Lipinski definition) is 1. The topological polar surface area (TPSA) is 37.3 Å². The standard InChI is InChI=1S/C17H10ClFO2/c18-14-9-8-11(10-4-1-2-5-12(10)14)13-6-3-7-15(19)16(13)17(20)21/h1-9H,(H,20,21). The van der Waals surface area contributed by atoms with Crippen molar-refractivity contribution in [2.45, 2.75) is 0 Å². The Kier molecular flexibility index (Phi) is 3.35. The van der Waals surface area contributed by atoms with Crippen LogP contribution < -0.4 is 0 Å². The summed E-state index contributed by atoms with van der Waals surface area (Å²) in [5, 5.41) is 11.4. The van der Waals surface area contributed by atoms with Crippen molar-refractivity contribution in [2.24, 2.45) is 0 Å². The molecule has 0 saturated heterocycles. The SMILES string of the molecule is O=C(O)c1c(F)cccc1-c1ccc(Cl)c2ccccc12. The minimum atomic E-state index is -1.29. The maximum Gasteiger partial charge on any atom is 0.339 e. The zero-order chi connectivity index (χ0) is 15.0. The van der Waals surface area contributed by atoms with E-state index in [2.05, 4.69) is 0 Å². The van der Waals surface area contributed by atoms with Crippen LogP contribution in [-0.4, -0.2) is 11.1 Å². The molecule has 0 aliphatic heterocycles. The smallest absolute Gasteiger partial charge is 0.339 e. The Morgan fingerprint density at radius 3 is 2.33 bits per heavy atom. The minimum Gasteiger partial charge on any atom is -0.478 e. The van der Waals surface area contributed by atoms with Crippen LogP contribution in [0.25, 0.3) is 21.9 Å². The Labute approximate surface area is 125 Å². The van der Waals surface area contributed by atoms with Crippen molar-refractivity contribution in [3.05, 3.63) is 71.0 Å². The summed E-state index contributed by atoms with van der Waals surface area (Å²) in [4.78, 5) is 11.4. The molecule has 21 heavy (non-hydrogen) atoms. The van der Waals surface area contributed by atoms with Gasteiger partial charge in [0.1, 0.15) is 11.4 Å². The first-order valence-electron chi connectivity index (χ1n) is 6.29. The number of halogens is 2. The van der Waals surface area contributed by atoms with Crippen molar-refractivity contribution in [3.63, 3.8) is 0 Å². The average molecular weight is 301 g/mol. The summed E-state index contributed by atoms with van der Waals surface area (Å²) in [5.74, 6) is -2.04. The largest absolute Gasteiger partial charge is 0.478 e. The predicted octanol–water partition coefficient (Wildman–Crippen LogP) is 5.00. The van der Waals surface area contributed by atoms with Gasteiger partial charge in [0.2, 0.25) is 0 Å². The summed E-state index contributed by atoms with van der Waals surface area (Å²) in [6, 6.07) is 15.0. The quantitative estimate of drug-likeness (QED) is 0.723. The number of carboxylic acids is 1. The van der Waals surface area contributed by atoms with Gasteiger partial charge in [0.25, 0.3) is 0 Å². The van der Waals surface area contributed by atoms with Crippen molar-refractivity contribution >= 4 is 28.3 Å². The molecule has 0 bridgehead atoms. The predicted molar refractivity (Wildman–Crippen MR) is 81.3 cm³/mol. The molecule has 4 heteroatoms. The molecule has 0 heterocycles. The van der Waals surface area contributed by atoms with Gasteiger partial charge in [-0.15, -0.1) is 0 Å². The third-order valence-corrected chi connectivity index (χ3v) is 3.72. The van der Waals surface area contributed by atoms with Gasteiger partial charge < -0.3 is 5.11 Å². The highest BCUT2D eigenvalue weighted by Crippen LogP contribution is 2.35. The molecule has 2 nitrogen and oxygen atoms in total. The van der Waals surface area contributed by atoms with Crippen LogP contribution in [0.4, 0.5) is 4.39 Å². The number of benzene rings is 3. The van der Waals surface area contributed by atoms with Crippen LogP contribution in [0.15, 0.2) is 54.6 Å². The number of hydrogen-bond acceptors (Lipinski definition) is 1. The van der Waals surface area contributed by atoms with Crippen LogP contribution in [0.1, 0.15) is 10.4 Å². The Morgan fingerprint density at radius 2 is 1.62 bits per heavy atom. The Morgan fingerprint density at radius 1 is 0.905 bits per heavy atom. The first-order valence-corrected chi connectivity index (χ1v) is 6.67. The van der Waals surface area contributed by atoms with Crippen LogP contribution in [0.3, 0.4) is 0 Å². The minimum absolute atomic E-state index is 0.329. The molecular formula is C17H10ClFO2. The highest BCUT2D eigenvalue weighted by atomic mass is 35.5. The maximum absolute atomic E-state index is 13.9. The van der Waals surface area contributed by atoms with Gasteiger partial charge in [0.05, 0.1) is 0 Å². The number of rotatable bonds is 2. The van der Waals surface area contributed by atoms with E-state index in [0.717, 1.165) is 16.8 Å². The molecule has 104 valence electrons. The molecule has 0 aliphatic carbocycles. The molecule has 0 fully saturated rings. The first kappa shape index (κ1) is 13.6. The van der Waals surface area contributed by atoms with Gasteiger partial charge in [-0.1, -0.05) is 54.1 Å². The van der Waals surface area contributed by atoms with Crippen molar-refractivity contribution in [2.75, 3.05) is 0 Å². The number of fused-ring (bicyclic) bond motifs is 1. The second-order valence-electron chi connectivity index (χ2n) is 4.61. The van der Waals surface area contributed by atoms with Crippen molar-refractivity contribution < 1.29 is 14.3 Å². The molecule has 0 aliphatic rings. The van der Waals surface area contributed by atoms with E-state index >= 15 is 0 Å². The van der Waals surface area contributed by atoms with E-state index in [4.69, 9.17) is 11.6 Å². The van der Waals surface area contributed by atoms with Gasteiger partial charge in [-0.25, -0.2) is 9.18 Å². The lowest BCUT2D eigenvalue weighted by molar-refractivity contribution is 0.0693. The monoisotopic (exact) mass is 300 g/mol. The van der Waals surface area contributed by atoms with E-state index in [9.17, 15) is 14.3 Å². The molecule has 3 rings (SSSR count).